The number of phenolic OH excluding ortho intramolecular Hbond substituents is 1. The van der Waals surface area contributed by atoms with Gasteiger partial charge in [-0.1, -0.05) is 31.3 Å². The number of likely N-dealkylation sites (tertiary alicyclic amines) is 1. The number of anilines is 1. The molecule has 1 fully saturated rings. The molecule has 1 saturated heterocycles. The summed E-state index contributed by atoms with van der Waals surface area (Å²) >= 11 is 1.62. The Hall–Kier alpha value is -2.46. The molecule has 1 aliphatic heterocycles. The van der Waals surface area contributed by atoms with E-state index in [0.717, 1.165) is 40.5 Å². The highest BCUT2D eigenvalue weighted by atomic mass is 35.5. The Kier molecular flexibility index (Phi) is 7.72. The maximum absolute atomic E-state index is 10.6. The molecule has 182 valence electrons. The summed E-state index contributed by atoms with van der Waals surface area (Å²) in [6.45, 7) is 6.79. The highest BCUT2D eigenvalue weighted by molar-refractivity contribution is 7.22. The number of nitrogens with zero attached hydrogens (tertiary/aromatic N) is 6. The summed E-state index contributed by atoms with van der Waals surface area (Å²) in [6.07, 6.45) is 4.62. The van der Waals surface area contributed by atoms with Crippen molar-refractivity contribution in [1.29, 1.82) is 0 Å². The summed E-state index contributed by atoms with van der Waals surface area (Å²) in [5.41, 5.74) is 3.88. The predicted molar refractivity (Wildman–Crippen MR) is 142 cm³/mol. The number of piperidine rings is 1. The van der Waals surface area contributed by atoms with Gasteiger partial charge in [0.25, 0.3) is 0 Å². The molecule has 2 N–H and O–H groups in total. The van der Waals surface area contributed by atoms with Crippen LogP contribution in [0.4, 0.5) is 5.13 Å². The van der Waals surface area contributed by atoms with Gasteiger partial charge >= 0.3 is 0 Å². The molecule has 1 aromatic carbocycles. The Morgan fingerprint density at radius 2 is 1.97 bits per heavy atom. The molecule has 0 saturated carbocycles. The summed E-state index contributed by atoms with van der Waals surface area (Å²) in [6, 6.07) is 7.90. The number of aromatic nitrogens is 5. The minimum atomic E-state index is 0. The first-order valence-corrected chi connectivity index (χ1v) is 11.5. The zero-order valence-corrected chi connectivity index (χ0v) is 22.0. The number of hydrogen-bond donors (Lipinski definition) is 2. The first-order valence-electron chi connectivity index (χ1n) is 10.7. The number of hydrogen-bond acceptors (Lipinski definition) is 8. The third kappa shape index (κ3) is 4.84. The van der Waals surface area contributed by atoms with E-state index in [1.165, 1.54) is 0 Å². The van der Waals surface area contributed by atoms with Crippen molar-refractivity contribution in [2.45, 2.75) is 26.3 Å². The van der Waals surface area contributed by atoms with Crippen LogP contribution in [0.25, 0.3) is 32.7 Å². The Balaban J connectivity index is 0.00000162. The molecule has 5 rings (SSSR count). The quantitative estimate of drug-likeness (QED) is 0.395. The highest BCUT2D eigenvalue weighted by Crippen LogP contribution is 2.38. The van der Waals surface area contributed by atoms with E-state index in [-0.39, 0.29) is 36.0 Å². The fraction of sp³-hybridized carbons (Fsp3) is 0.391. The summed E-state index contributed by atoms with van der Waals surface area (Å²) in [5.74, 6) is 0.160. The van der Waals surface area contributed by atoms with Crippen LogP contribution in [-0.2, 0) is 0 Å². The highest BCUT2D eigenvalue weighted by Gasteiger charge is 2.38. The van der Waals surface area contributed by atoms with Gasteiger partial charge in [-0.2, -0.15) is 10.1 Å². The third-order valence-electron chi connectivity index (χ3n) is 6.38. The van der Waals surface area contributed by atoms with Gasteiger partial charge in [0.2, 0.25) is 0 Å². The molecule has 3 aromatic heterocycles. The lowest BCUT2D eigenvalue weighted by Gasteiger charge is -2.46. The molecule has 4 aromatic rings. The lowest BCUT2D eigenvalue weighted by atomic mass is 9.78. The number of benzene rings is 1. The lowest BCUT2D eigenvalue weighted by Crippen LogP contribution is -2.54. The average molecular weight is 523 g/mol. The average Bonchev–Trinajstić information content (AvgIpc) is 3.42. The fourth-order valence-corrected chi connectivity index (χ4v) is 5.76. The van der Waals surface area contributed by atoms with E-state index in [0.29, 0.717) is 22.9 Å². The third-order valence-corrected chi connectivity index (χ3v) is 7.46. The zero-order valence-electron chi connectivity index (χ0n) is 19.5. The molecule has 0 spiro atoms. The lowest BCUT2D eigenvalue weighted by molar-refractivity contribution is 0.114. The molecule has 0 amide bonds. The molecule has 34 heavy (non-hydrogen) atoms. The van der Waals surface area contributed by atoms with E-state index >= 15 is 0 Å². The monoisotopic (exact) mass is 521 g/mol. The number of phenols is 1. The molecule has 1 unspecified atom stereocenters. The van der Waals surface area contributed by atoms with Crippen LogP contribution in [0, 0.1) is 5.41 Å². The van der Waals surface area contributed by atoms with Crippen molar-refractivity contribution >= 4 is 51.6 Å². The maximum atomic E-state index is 10.6. The molecule has 1 aliphatic rings. The number of thiazole rings is 1. The number of fused-ring (bicyclic) bond motifs is 1. The minimum Gasteiger partial charge on any atom is -0.507 e. The van der Waals surface area contributed by atoms with Crippen molar-refractivity contribution in [3.8, 4) is 28.1 Å². The van der Waals surface area contributed by atoms with Gasteiger partial charge in [0.1, 0.15) is 5.75 Å². The normalized spacial score (nSPS) is 17.7. The smallest absolute Gasteiger partial charge is 0.194 e. The van der Waals surface area contributed by atoms with Crippen molar-refractivity contribution in [3.63, 3.8) is 0 Å². The first-order chi connectivity index (χ1) is 15.3. The number of halogens is 2. The topological polar surface area (TPSA) is 94.1 Å². The van der Waals surface area contributed by atoms with E-state index in [1.54, 1.807) is 29.8 Å². The SMILES string of the molecule is CN1CCC(N(C)c2nc3nnc(-c4ccc(-c5cn[nH]c5)cc4O)cc3s2)C(C)(C)C1.Cl.Cl. The van der Waals surface area contributed by atoms with Crippen molar-refractivity contribution in [3.05, 3.63) is 36.7 Å². The molecule has 8 nitrogen and oxygen atoms in total. The van der Waals surface area contributed by atoms with Crippen LogP contribution in [0.2, 0.25) is 0 Å². The van der Waals surface area contributed by atoms with E-state index < -0.39 is 0 Å². The van der Waals surface area contributed by atoms with E-state index in [2.05, 4.69) is 58.1 Å². The van der Waals surface area contributed by atoms with Crippen molar-refractivity contribution in [2.75, 3.05) is 32.1 Å². The van der Waals surface area contributed by atoms with Gasteiger partial charge in [-0.25, -0.2) is 0 Å². The van der Waals surface area contributed by atoms with Gasteiger partial charge < -0.3 is 14.9 Å². The van der Waals surface area contributed by atoms with E-state index in [1.807, 2.05) is 18.2 Å². The molecule has 0 aliphatic carbocycles. The maximum Gasteiger partial charge on any atom is 0.194 e. The van der Waals surface area contributed by atoms with Gasteiger partial charge in [-0.3, -0.25) is 5.10 Å². The van der Waals surface area contributed by atoms with Crippen LogP contribution < -0.4 is 4.90 Å². The summed E-state index contributed by atoms with van der Waals surface area (Å²) < 4.78 is 0.959. The molecule has 0 bridgehead atoms. The second-order valence-corrected chi connectivity index (χ2v) is 10.3. The van der Waals surface area contributed by atoms with Crippen molar-refractivity contribution in [1.82, 2.24) is 30.3 Å². The predicted octanol–water partition coefficient (Wildman–Crippen LogP) is 4.86. The number of nitrogens with one attached hydrogen (secondary N) is 1. The molecule has 1 atom stereocenters. The van der Waals surface area contributed by atoms with Gasteiger partial charge in [-0.15, -0.1) is 35.0 Å². The molecular weight excluding hydrogens is 493 g/mol. The zero-order chi connectivity index (χ0) is 22.5. The standard InChI is InChI=1S/C23H27N7OS.2ClH/c1-23(2)13-29(3)8-7-20(23)30(4)22-26-21-19(32-22)10-17(27-28-21)16-6-5-14(9-18(16)31)15-11-24-25-12-15;;/h5-6,9-12,20,31H,7-8,13H2,1-4H3,(H,24,25);2*1H. The van der Waals surface area contributed by atoms with Crippen LogP contribution in [0.15, 0.2) is 36.7 Å². The van der Waals surface area contributed by atoms with Gasteiger partial charge in [0, 0.05) is 37.0 Å². The van der Waals surface area contributed by atoms with Gasteiger partial charge in [0.05, 0.1) is 16.6 Å². The van der Waals surface area contributed by atoms with Crippen LogP contribution in [-0.4, -0.2) is 68.6 Å². The summed E-state index contributed by atoms with van der Waals surface area (Å²) in [5, 5.41) is 27.0. The number of aromatic hydroxyl groups is 1. The van der Waals surface area contributed by atoms with E-state index in [4.69, 9.17) is 4.98 Å². The molecule has 0 radical (unpaired) electrons. The number of aromatic amines is 1. The van der Waals surface area contributed by atoms with Crippen LogP contribution in [0.3, 0.4) is 0 Å². The van der Waals surface area contributed by atoms with Gasteiger partial charge in [-0.05, 0) is 49.2 Å². The van der Waals surface area contributed by atoms with Crippen molar-refractivity contribution in [2.24, 2.45) is 5.41 Å². The van der Waals surface area contributed by atoms with Crippen LogP contribution in [0.5, 0.6) is 5.75 Å². The number of H-pyrrole nitrogens is 1. The van der Waals surface area contributed by atoms with Crippen LogP contribution >= 0.6 is 36.2 Å². The molecule has 11 heteroatoms. The first kappa shape index (κ1) is 26.2. The number of rotatable bonds is 4. The fourth-order valence-electron chi connectivity index (χ4n) is 4.82. The van der Waals surface area contributed by atoms with Crippen molar-refractivity contribution < 1.29 is 5.11 Å². The summed E-state index contributed by atoms with van der Waals surface area (Å²) in [7, 11) is 4.31. The second-order valence-electron chi connectivity index (χ2n) is 9.27. The Morgan fingerprint density at radius 3 is 2.65 bits per heavy atom. The molecular formula is C23H29Cl2N7OS. The molecule has 4 heterocycles. The second kappa shape index (κ2) is 10.0. The van der Waals surface area contributed by atoms with Gasteiger partial charge in [0.15, 0.2) is 10.8 Å². The Labute approximate surface area is 215 Å². The Morgan fingerprint density at radius 1 is 1.18 bits per heavy atom. The van der Waals surface area contributed by atoms with Crippen LogP contribution in [0.1, 0.15) is 20.3 Å². The Bertz CT molecular complexity index is 1260. The minimum absolute atomic E-state index is 0. The van der Waals surface area contributed by atoms with E-state index in [9.17, 15) is 5.11 Å². The summed E-state index contributed by atoms with van der Waals surface area (Å²) in [4.78, 5) is 9.46. The largest absolute Gasteiger partial charge is 0.507 e.